The number of nitrogens with zero attached hydrogens (tertiary/aromatic N) is 1. The molecule has 2 N–H and O–H groups in total. The number of benzene rings is 3. The second kappa shape index (κ2) is 6.89. The van der Waals surface area contributed by atoms with Crippen molar-refractivity contribution in [1.29, 1.82) is 0 Å². The van der Waals surface area contributed by atoms with E-state index in [0.717, 1.165) is 33.5 Å². The van der Waals surface area contributed by atoms with Gasteiger partial charge in [-0.1, -0.05) is 35.9 Å². The smallest absolute Gasteiger partial charge is 0.255 e. The monoisotopic (exact) mass is 375 g/mol. The van der Waals surface area contributed by atoms with Crippen LogP contribution in [0.3, 0.4) is 0 Å². The highest BCUT2D eigenvalue weighted by molar-refractivity contribution is 6.31. The van der Waals surface area contributed by atoms with Crippen molar-refractivity contribution in [3.63, 3.8) is 0 Å². The van der Waals surface area contributed by atoms with Crippen molar-refractivity contribution in [3.05, 3.63) is 82.4 Å². The van der Waals surface area contributed by atoms with E-state index >= 15 is 0 Å². The van der Waals surface area contributed by atoms with Crippen LogP contribution in [0.1, 0.15) is 21.5 Å². The molecule has 0 unspecified atom stereocenters. The summed E-state index contributed by atoms with van der Waals surface area (Å²) in [6, 6.07) is 18.7. The first-order valence-electron chi connectivity index (χ1n) is 8.64. The number of amides is 1. The van der Waals surface area contributed by atoms with E-state index in [9.17, 15) is 4.79 Å². The maximum atomic E-state index is 12.6. The SMILES string of the molecule is Cc1cccc(C)c1-c1nc2ccc(C(=O)Nc3cccc(Cl)c3)cc2[nH]1. The van der Waals surface area contributed by atoms with E-state index in [2.05, 4.69) is 36.3 Å². The molecule has 0 saturated heterocycles. The van der Waals surface area contributed by atoms with Gasteiger partial charge in [-0.15, -0.1) is 0 Å². The molecule has 1 amide bonds. The Hall–Kier alpha value is -3.11. The zero-order chi connectivity index (χ0) is 19.0. The summed E-state index contributed by atoms with van der Waals surface area (Å²) in [5, 5.41) is 3.44. The van der Waals surface area contributed by atoms with E-state index in [0.29, 0.717) is 16.3 Å². The van der Waals surface area contributed by atoms with Gasteiger partial charge in [-0.05, 0) is 61.4 Å². The third kappa shape index (κ3) is 3.44. The lowest BCUT2D eigenvalue weighted by Crippen LogP contribution is -2.11. The van der Waals surface area contributed by atoms with Crippen LogP contribution in [0.25, 0.3) is 22.4 Å². The van der Waals surface area contributed by atoms with Crippen LogP contribution in [-0.2, 0) is 0 Å². The quantitative estimate of drug-likeness (QED) is 0.478. The fraction of sp³-hybridized carbons (Fsp3) is 0.0909. The summed E-state index contributed by atoms with van der Waals surface area (Å²) in [7, 11) is 0. The number of carbonyl (C=O) groups excluding carboxylic acids is 1. The van der Waals surface area contributed by atoms with Crippen LogP contribution in [0, 0.1) is 13.8 Å². The lowest BCUT2D eigenvalue weighted by atomic mass is 10.0. The minimum atomic E-state index is -0.192. The number of imidazole rings is 1. The average Bonchev–Trinajstić information content (AvgIpc) is 3.04. The Labute approximate surface area is 162 Å². The summed E-state index contributed by atoms with van der Waals surface area (Å²) in [6.45, 7) is 4.14. The fourth-order valence-electron chi connectivity index (χ4n) is 3.23. The topological polar surface area (TPSA) is 57.8 Å². The largest absolute Gasteiger partial charge is 0.338 e. The van der Waals surface area contributed by atoms with Gasteiger partial charge in [0.25, 0.3) is 5.91 Å². The van der Waals surface area contributed by atoms with Gasteiger partial charge in [0.2, 0.25) is 0 Å². The third-order valence-electron chi connectivity index (χ3n) is 4.54. The van der Waals surface area contributed by atoms with Crippen LogP contribution in [0.4, 0.5) is 5.69 Å². The van der Waals surface area contributed by atoms with E-state index in [-0.39, 0.29) is 5.91 Å². The lowest BCUT2D eigenvalue weighted by Gasteiger charge is -2.06. The second-order valence-electron chi connectivity index (χ2n) is 6.55. The summed E-state index contributed by atoms with van der Waals surface area (Å²) in [4.78, 5) is 20.6. The first-order chi connectivity index (χ1) is 13.0. The highest BCUT2D eigenvalue weighted by Crippen LogP contribution is 2.27. The molecule has 0 aliphatic rings. The number of aryl methyl sites for hydroxylation is 2. The third-order valence-corrected chi connectivity index (χ3v) is 4.78. The summed E-state index contributed by atoms with van der Waals surface area (Å²) >= 11 is 5.97. The van der Waals surface area contributed by atoms with Crippen molar-refractivity contribution < 1.29 is 4.79 Å². The van der Waals surface area contributed by atoms with Crippen LogP contribution in [0.2, 0.25) is 5.02 Å². The molecular formula is C22H18ClN3O. The van der Waals surface area contributed by atoms with Crippen LogP contribution in [0.5, 0.6) is 0 Å². The Morgan fingerprint density at radius 3 is 2.48 bits per heavy atom. The summed E-state index contributed by atoms with van der Waals surface area (Å²) in [5.41, 5.74) is 6.28. The molecule has 0 saturated carbocycles. The Morgan fingerprint density at radius 1 is 1.00 bits per heavy atom. The van der Waals surface area contributed by atoms with E-state index in [1.54, 1.807) is 30.3 Å². The predicted octanol–water partition coefficient (Wildman–Crippen LogP) is 5.75. The zero-order valence-electron chi connectivity index (χ0n) is 15.0. The molecule has 1 heterocycles. The Balaban J connectivity index is 1.68. The second-order valence-corrected chi connectivity index (χ2v) is 6.99. The molecule has 0 atom stereocenters. The number of aromatic nitrogens is 2. The van der Waals surface area contributed by atoms with Crippen LogP contribution < -0.4 is 5.32 Å². The van der Waals surface area contributed by atoms with Crippen molar-refractivity contribution in [1.82, 2.24) is 9.97 Å². The molecule has 0 aliphatic carbocycles. The Bertz CT molecular complexity index is 1140. The molecule has 4 aromatic rings. The van der Waals surface area contributed by atoms with Crippen LogP contribution in [-0.4, -0.2) is 15.9 Å². The summed E-state index contributed by atoms with van der Waals surface area (Å²) < 4.78 is 0. The lowest BCUT2D eigenvalue weighted by molar-refractivity contribution is 0.102. The number of nitrogens with one attached hydrogen (secondary N) is 2. The number of anilines is 1. The number of hydrogen-bond acceptors (Lipinski definition) is 2. The van der Waals surface area contributed by atoms with Gasteiger partial charge < -0.3 is 10.3 Å². The number of halogens is 1. The van der Waals surface area contributed by atoms with Gasteiger partial charge in [-0.2, -0.15) is 0 Å². The normalized spacial score (nSPS) is 10.9. The minimum Gasteiger partial charge on any atom is -0.338 e. The van der Waals surface area contributed by atoms with Crippen molar-refractivity contribution in [2.45, 2.75) is 13.8 Å². The van der Waals surface area contributed by atoms with E-state index in [1.165, 1.54) is 0 Å². The van der Waals surface area contributed by atoms with Gasteiger partial charge in [-0.25, -0.2) is 4.98 Å². The van der Waals surface area contributed by atoms with Crippen LogP contribution in [0.15, 0.2) is 60.7 Å². The number of aromatic amines is 1. The van der Waals surface area contributed by atoms with Crippen molar-refractivity contribution in [3.8, 4) is 11.4 Å². The molecule has 134 valence electrons. The van der Waals surface area contributed by atoms with Crippen molar-refractivity contribution >= 4 is 34.2 Å². The van der Waals surface area contributed by atoms with Gasteiger partial charge in [0.05, 0.1) is 11.0 Å². The molecule has 0 spiro atoms. The molecule has 1 aromatic heterocycles. The molecule has 0 radical (unpaired) electrons. The molecule has 4 rings (SSSR count). The standard InChI is InChI=1S/C22H18ClN3O/c1-13-5-3-6-14(2)20(13)21-25-18-10-9-15(11-19(18)26-21)22(27)24-17-8-4-7-16(23)12-17/h3-12H,1-2H3,(H,24,27)(H,25,26). The first kappa shape index (κ1) is 17.3. The number of H-pyrrole nitrogens is 1. The van der Waals surface area contributed by atoms with Gasteiger partial charge in [0.1, 0.15) is 5.82 Å². The van der Waals surface area contributed by atoms with E-state index in [1.807, 2.05) is 18.2 Å². The molecule has 27 heavy (non-hydrogen) atoms. The zero-order valence-corrected chi connectivity index (χ0v) is 15.8. The number of hydrogen-bond donors (Lipinski definition) is 2. The summed E-state index contributed by atoms with van der Waals surface area (Å²) in [5.74, 6) is 0.621. The number of rotatable bonds is 3. The Morgan fingerprint density at radius 2 is 1.74 bits per heavy atom. The average molecular weight is 376 g/mol. The molecule has 0 bridgehead atoms. The maximum Gasteiger partial charge on any atom is 0.255 e. The van der Waals surface area contributed by atoms with Crippen molar-refractivity contribution in [2.24, 2.45) is 0 Å². The highest BCUT2D eigenvalue weighted by Gasteiger charge is 2.13. The predicted molar refractivity (Wildman–Crippen MR) is 110 cm³/mol. The van der Waals surface area contributed by atoms with Gasteiger partial charge >= 0.3 is 0 Å². The van der Waals surface area contributed by atoms with Gasteiger partial charge in [0.15, 0.2) is 0 Å². The number of fused-ring (bicyclic) bond motifs is 1. The van der Waals surface area contributed by atoms with E-state index in [4.69, 9.17) is 16.6 Å². The highest BCUT2D eigenvalue weighted by atomic mass is 35.5. The Kier molecular flexibility index (Phi) is 4.42. The molecule has 5 heteroatoms. The number of carbonyl (C=O) groups is 1. The molecule has 0 fully saturated rings. The van der Waals surface area contributed by atoms with Gasteiger partial charge in [0, 0.05) is 21.8 Å². The molecule has 4 nitrogen and oxygen atoms in total. The summed E-state index contributed by atoms with van der Waals surface area (Å²) in [6.07, 6.45) is 0. The molecular weight excluding hydrogens is 358 g/mol. The van der Waals surface area contributed by atoms with Crippen molar-refractivity contribution in [2.75, 3.05) is 5.32 Å². The molecule has 3 aromatic carbocycles. The molecule has 0 aliphatic heterocycles. The maximum absolute atomic E-state index is 12.6. The van der Waals surface area contributed by atoms with Gasteiger partial charge in [-0.3, -0.25) is 4.79 Å². The minimum absolute atomic E-state index is 0.192. The van der Waals surface area contributed by atoms with E-state index < -0.39 is 0 Å². The fourth-order valence-corrected chi connectivity index (χ4v) is 3.42. The van der Waals surface area contributed by atoms with Crippen LogP contribution >= 0.6 is 11.6 Å². The first-order valence-corrected chi connectivity index (χ1v) is 9.02.